The van der Waals surface area contributed by atoms with Crippen molar-refractivity contribution in [3.8, 4) is 5.75 Å². The fourth-order valence-electron chi connectivity index (χ4n) is 4.05. The van der Waals surface area contributed by atoms with Crippen LogP contribution in [0.5, 0.6) is 5.75 Å². The van der Waals surface area contributed by atoms with Gasteiger partial charge in [-0.05, 0) is 30.2 Å². The first kappa shape index (κ1) is 20.6. The van der Waals surface area contributed by atoms with E-state index in [4.69, 9.17) is 9.47 Å². The van der Waals surface area contributed by atoms with Crippen LogP contribution in [-0.4, -0.2) is 57.8 Å². The molecule has 2 N–H and O–H groups in total. The maximum atomic E-state index is 13.2. The summed E-state index contributed by atoms with van der Waals surface area (Å²) >= 11 is 0. The first-order valence-corrected chi connectivity index (χ1v) is 9.80. The molecule has 8 nitrogen and oxygen atoms in total. The van der Waals surface area contributed by atoms with E-state index in [1.807, 2.05) is 30.3 Å². The number of para-hydroxylation sites is 1. The molecular weight excluding hydrogens is 402 g/mol. The molecular formula is C23H21NO7. The lowest BCUT2D eigenvalue weighted by Gasteiger charge is -2.45. The number of aliphatic hydroxyl groups is 1. The molecule has 2 heterocycles. The first-order chi connectivity index (χ1) is 15.0. The molecule has 8 heteroatoms. The SMILES string of the molecule is O=C1C(Cc2ccccc2)[C@H]2O/C(=C\CO)[C@](C(=O)O)(C(=O)COc3ccccc3)N12. The van der Waals surface area contributed by atoms with Crippen molar-refractivity contribution in [3.05, 3.63) is 78.1 Å². The number of hydrogen-bond acceptors (Lipinski definition) is 6. The van der Waals surface area contributed by atoms with Crippen molar-refractivity contribution in [2.24, 2.45) is 5.92 Å². The Morgan fingerprint density at radius 3 is 2.35 bits per heavy atom. The van der Waals surface area contributed by atoms with Crippen molar-refractivity contribution >= 4 is 17.7 Å². The Hall–Kier alpha value is -3.65. The van der Waals surface area contributed by atoms with E-state index in [2.05, 4.69) is 0 Å². The average Bonchev–Trinajstić information content (AvgIpc) is 3.09. The molecule has 2 saturated heterocycles. The number of hydrogen-bond donors (Lipinski definition) is 2. The maximum absolute atomic E-state index is 13.2. The van der Waals surface area contributed by atoms with Gasteiger partial charge in [0.05, 0.1) is 12.5 Å². The van der Waals surface area contributed by atoms with E-state index in [1.54, 1.807) is 30.3 Å². The van der Waals surface area contributed by atoms with Gasteiger partial charge in [0, 0.05) is 0 Å². The number of rotatable bonds is 8. The van der Waals surface area contributed by atoms with Crippen molar-refractivity contribution < 1.29 is 34.1 Å². The average molecular weight is 423 g/mol. The van der Waals surface area contributed by atoms with Crippen LogP contribution < -0.4 is 4.74 Å². The summed E-state index contributed by atoms with van der Waals surface area (Å²) in [5, 5.41) is 19.5. The molecule has 0 bridgehead atoms. The summed E-state index contributed by atoms with van der Waals surface area (Å²) in [6.07, 6.45) is 0.541. The van der Waals surface area contributed by atoms with Crippen molar-refractivity contribution in [1.29, 1.82) is 0 Å². The minimum atomic E-state index is -2.37. The smallest absolute Gasteiger partial charge is 0.345 e. The molecule has 0 aromatic heterocycles. The molecule has 2 fully saturated rings. The Labute approximate surface area is 178 Å². The number of carboxylic acid groups (broad SMARTS) is 1. The summed E-state index contributed by atoms with van der Waals surface area (Å²) in [6, 6.07) is 17.7. The highest BCUT2D eigenvalue weighted by atomic mass is 16.5. The van der Waals surface area contributed by atoms with Crippen LogP contribution in [0.25, 0.3) is 0 Å². The van der Waals surface area contributed by atoms with Crippen molar-refractivity contribution in [2.75, 3.05) is 13.2 Å². The minimum absolute atomic E-state index is 0.266. The van der Waals surface area contributed by atoms with E-state index in [0.717, 1.165) is 16.5 Å². The second-order valence-corrected chi connectivity index (χ2v) is 7.30. The molecule has 0 saturated carbocycles. The second-order valence-electron chi connectivity index (χ2n) is 7.30. The largest absolute Gasteiger partial charge is 0.486 e. The van der Waals surface area contributed by atoms with Crippen molar-refractivity contribution in [3.63, 3.8) is 0 Å². The third kappa shape index (κ3) is 3.34. The number of benzene rings is 2. The summed E-state index contributed by atoms with van der Waals surface area (Å²) < 4.78 is 11.2. The van der Waals surface area contributed by atoms with E-state index in [-0.39, 0.29) is 5.76 Å². The van der Waals surface area contributed by atoms with E-state index in [1.165, 1.54) is 0 Å². The van der Waals surface area contributed by atoms with Gasteiger partial charge in [-0.25, -0.2) is 4.79 Å². The molecule has 3 atom stereocenters. The molecule has 2 aliphatic heterocycles. The standard InChI is InChI=1S/C23H21NO7/c25-12-11-19-23(22(28)29,18(26)14-30-16-9-5-2-6-10-16)24-20(27)17(21(24)31-19)13-15-7-3-1-4-8-15/h1-11,17,21,25H,12-14H2,(H,28,29)/b19-11-/t17?,21-,23+/m1/s1. The number of ketones is 1. The van der Waals surface area contributed by atoms with Crippen LogP contribution in [0, 0.1) is 5.92 Å². The number of β-lactam (4-membered cyclic amide) rings is 1. The molecule has 2 aliphatic rings. The lowest BCUT2D eigenvalue weighted by molar-refractivity contribution is -0.185. The number of amides is 1. The van der Waals surface area contributed by atoms with Gasteiger partial charge in [0.15, 0.2) is 12.8 Å². The van der Waals surface area contributed by atoms with E-state index in [0.29, 0.717) is 12.2 Å². The monoisotopic (exact) mass is 423 g/mol. The summed E-state index contributed by atoms with van der Waals surface area (Å²) in [5.74, 6) is -3.42. The van der Waals surface area contributed by atoms with Gasteiger partial charge in [-0.1, -0.05) is 48.5 Å². The summed E-state index contributed by atoms with van der Waals surface area (Å²) in [6.45, 7) is -1.13. The number of Topliss-reactive ketones (excluding diaryl/α,β-unsaturated/α-hetero) is 1. The predicted octanol–water partition coefficient (Wildman–Crippen LogP) is 1.39. The molecule has 0 aliphatic carbocycles. The Balaban J connectivity index is 1.63. The highest BCUT2D eigenvalue weighted by Gasteiger charge is 2.72. The van der Waals surface area contributed by atoms with Crippen LogP contribution in [0.15, 0.2) is 72.5 Å². The number of fused-ring (bicyclic) bond motifs is 1. The molecule has 1 unspecified atom stereocenters. The van der Waals surface area contributed by atoms with Gasteiger partial charge in [0.2, 0.25) is 11.7 Å². The maximum Gasteiger partial charge on any atom is 0.345 e. The number of carboxylic acids is 1. The molecule has 2 aromatic carbocycles. The zero-order valence-corrected chi connectivity index (χ0v) is 16.5. The Bertz CT molecular complexity index is 1020. The number of aliphatic carboxylic acids is 1. The van der Waals surface area contributed by atoms with Gasteiger partial charge < -0.3 is 19.7 Å². The lowest BCUT2D eigenvalue weighted by Crippen LogP contribution is -2.71. The summed E-state index contributed by atoms with van der Waals surface area (Å²) in [7, 11) is 0. The molecule has 4 rings (SSSR count). The highest BCUT2D eigenvalue weighted by Crippen LogP contribution is 2.48. The Kier molecular flexibility index (Phi) is 5.48. The third-order valence-electron chi connectivity index (χ3n) is 5.52. The number of carbonyl (C=O) groups is 3. The topological polar surface area (TPSA) is 113 Å². The van der Waals surface area contributed by atoms with Crippen molar-refractivity contribution in [2.45, 2.75) is 18.2 Å². The zero-order valence-electron chi connectivity index (χ0n) is 16.5. The first-order valence-electron chi connectivity index (χ1n) is 9.80. The van der Waals surface area contributed by atoms with Crippen LogP contribution in [0.4, 0.5) is 0 Å². The molecule has 31 heavy (non-hydrogen) atoms. The van der Waals surface area contributed by atoms with E-state index >= 15 is 0 Å². The third-order valence-corrected chi connectivity index (χ3v) is 5.52. The van der Waals surface area contributed by atoms with Gasteiger partial charge in [0.1, 0.15) is 11.5 Å². The van der Waals surface area contributed by atoms with Crippen LogP contribution in [-0.2, 0) is 25.5 Å². The molecule has 0 radical (unpaired) electrons. The number of aliphatic hydroxyl groups excluding tert-OH is 1. The molecule has 160 valence electrons. The van der Waals surface area contributed by atoms with Crippen LogP contribution >= 0.6 is 0 Å². The number of carbonyl (C=O) groups excluding carboxylic acids is 2. The van der Waals surface area contributed by atoms with Crippen LogP contribution in [0.3, 0.4) is 0 Å². The zero-order chi connectivity index (χ0) is 22.0. The molecule has 1 amide bonds. The molecule has 0 spiro atoms. The lowest BCUT2D eigenvalue weighted by atomic mass is 9.81. The normalized spacial score (nSPS) is 25.5. The minimum Gasteiger partial charge on any atom is -0.486 e. The predicted molar refractivity (Wildman–Crippen MR) is 108 cm³/mol. The van der Waals surface area contributed by atoms with Gasteiger partial charge in [-0.2, -0.15) is 0 Å². The summed E-state index contributed by atoms with van der Waals surface area (Å²) in [4.78, 5) is 39.5. The van der Waals surface area contributed by atoms with Crippen LogP contribution in [0.2, 0.25) is 0 Å². The number of nitrogens with zero attached hydrogens (tertiary/aromatic N) is 1. The van der Waals surface area contributed by atoms with E-state index in [9.17, 15) is 24.6 Å². The fraction of sp³-hybridized carbons (Fsp3) is 0.261. The van der Waals surface area contributed by atoms with E-state index < -0.39 is 48.6 Å². The quantitative estimate of drug-likeness (QED) is 0.487. The van der Waals surface area contributed by atoms with Crippen molar-refractivity contribution in [1.82, 2.24) is 4.90 Å². The second kappa shape index (κ2) is 8.23. The van der Waals surface area contributed by atoms with Gasteiger partial charge in [-0.15, -0.1) is 0 Å². The molecule has 2 aromatic rings. The van der Waals surface area contributed by atoms with Gasteiger partial charge in [-0.3, -0.25) is 14.5 Å². The highest BCUT2D eigenvalue weighted by molar-refractivity contribution is 6.15. The summed E-state index contributed by atoms with van der Waals surface area (Å²) in [5.41, 5.74) is -1.48. The Morgan fingerprint density at radius 1 is 1.10 bits per heavy atom. The van der Waals surface area contributed by atoms with Gasteiger partial charge in [0.25, 0.3) is 5.54 Å². The van der Waals surface area contributed by atoms with Crippen LogP contribution in [0.1, 0.15) is 5.56 Å². The Morgan fingerprint density at radius 2 is 1.74 bits per heavy atom. The number of ether oxygens (including phenoxy) is 2. The fourth-order valence-corrected chi connectivity index (χ4v) is 4.05. The van der Waals surface area contributed by atoms with Gasteiger partial charge >= 0.3 is 5.97 Å².